The maximum atomic E-state index is 13.9. The second-order valence-electron chi connectivity index (χ2n) is 11.9. The Hall–Kier alpha value is -5.63. The largest absolute Gasteiger partial charge is 0.458 e. The van der Waals surface area contributed by atoms with E-state index in [0.717, 1.165) is 5.57 Å². The van der Waals surface area contributed by atoms with E-state index in [4.69, 9.17) is 14.2 Å². The monoisotopic (exact) mass is 628 g/mol. The smallest absolute Gasteiger partial charge is 0.343 e. The number of rotatable bonds is 9. The fraction of sp³-hybridized carbons (Fsp3) is 0.205. The SMILES string of the molecule is C[C@]12CCC(=O)C(CC(=O)c3cc(OC(=O)c4ccccc4)cc(OC(=O)c4ccccc4)c3)=C1CC[C@@H]2OC(=O)c1ccccc1. The zero-order valence-electron chi connectivity index (χ0n) is 25.8. The van der Waals surface area contributed by atoms with Crippen LogP contribution in [-0.4, -0.2) is 35.6 Å². The second kappa shape index (κ2) is 13.4. The number of hydrogen-bond donors (Lipinski definition) is 0. The lowest BCUT2D eigenvalue weighted by Crippen LogP contribution is -2.37. The summed E-state index contributed by atoms with van der Waals surface area (Å²) in [6, 6.07) is 29.6. The number of carbonyl (C=O) groups excluding carboxylic acids is 5. The Morgan fingerprint density at radius 2 is 1.15 bits per heavy atom. The summed E-state index contributed by atoms with van der Waals surface area (Å²) < 4.78 is 17.1. The van der Waals surface area contributed by atoms with Gasteiger partial charge in [-0.2, -0.15) is 0 Å². The number of carbonyl (C=O) groups is 5. The van der Waals surface area contributed by atoms with Crippen molar-refractivity contribution in [2.75, 3.05) is 0 Å². The van der Waals surface area contributed by atoms with Crippen LogP contribution in [0.2, 0.25) is 0 Å². The van der Waals surface area contributed by atoms with Crippen LogP contribution in [0.15, 0.2) is 120 Å². The van der Waals surface area contributed by atoms with Crippen LogP contribution in [0, 0.1) is 5.41 Å². The number of hydrogen-bond acceptors (Lipinski definition) is 8. The van der Waals surface area contributed by atoms with E-state index in [0.29, 0.717) is 41.5 Å². The lowest BCUT2D eigenvalue weighted by Gasteiger charge is -2.36. The summed E-state index contributed by atoms with van der Waals surface area (Å²) in [5.41, 5.74) is 1.82. The van der Waals surface area contributed by atoms with Gasteiger partial charge in [-0.1, -0.05) is 67.1 Å². The van der Waals surface area contributed by atoms with Crippen molar-refractivity contribution in [3.63, 3.8) is 0 Å². The van der Waals surface area contributed by atoms with Crippen molar-refractivity contribution in [3.05, 3.63) is 143 Å². The van der Waals surface area contributed by atoms with E-state index in [2.05, 4.69) is 0 Å². The molecule has 0 unspecified atom stereocenters. The molecule has 0 amide bonds. The summed E-state index contributed by atoms with van der Waals surface area (Å²) >= 11 is 0. The molecule has 0 spiro atoms. The second-order valence-corrected chi connectivity index (χ2v) is 11.9. The van der Waals surface area contributed by atoms with Crippen LogP contribution in [0.4, 0.5) is 0 Å². The summed E-state index contributed by atoms with van der Waals surface area (Å²) in [5, 5.41) is 0. The molecule has 0 heterocycles. The molecular weight excluding hydrogens is 596 g/mol. The summed E-state index contributed by atoms with van der Waals surface area (Å²) in [4.78, 5) is 65.8. The minimum atomic E-state index is -0.652. The minimum absolute atomic E-state index is 0.00628. The van der Waals surface area contributed by atoms with E-state index < -0.39 is 35.2 Å². The molecule has 4 aromatic rings. The van der Waals surface area contributed by atoms with Crippen molar-refractivity contribution < 1.29 is 38.2 Å². The minimum Gasteiger partial charge on any atom is -0.458 e. The van der Waals surface area contributed by atoms with Crippen LogP contribution in [0.1, 0.15) is 80.5 Å². The number of benzene rings is 4. The fourth-order valence-corrected chi connectivity index (χ4v) is 6.33. The number of ether oxygens (including phenoxy) is 3. The maximum Gasteiger partial charge on any atom is 0.343 e. The van der Waals surface area contributed by atoms with Gasteiger partial charge in [0.2, 0.25) is 0 Å². The van der Waals surface area contributed by atoms with Crippen LogP contribution in [0.5, 0.6) is 11.5 Å². The molecule has 1 fully saturated rings. The number of ketones is 2. The van der Waals surface area contributed by atoms with Gasteiger partial charge in [0.1, 0.15) is 17.6 Å². The molecule has 0 radical (unpaired) electrons. The van der Waals surface area contributed by atoms with E-state index in [1.165, 1.54) is 18.2 Å². The Labute approximate surface area is 272 Å². The summed E-state index contributed by atoms with van der Waals surface area (Å²) in [6.45, 7) is 1.99. The molecule has 0 bridgehead atoms. The van der Waals surface area contributed by atoms with Gasteiger partial charge in [0.25, 0.3) is 0 Å². The Balaban J connectivity index is 1.27. The van der Waals surface area contributed by atoms with E-state index >= 15 is 0 Å². The van der Waals surface area contributed by atoms with Crippen molar-refractivity contribution >= 4 is 29.5 Å². The highest BCUT2D eigenvalue weighted by molar-refractivity contribution is 6.07. The van der Waals surface area contributed by atoms with Crippen LogP contribution < -0.4 is 9.47 Å². The Morgan fingerprint density at radius 1 is 0.660 bits per heavy atom. The molecule has 236 valence electrons. The zero-order valence-corrected chi connectivity index (χ0v) is 25.8. The predicted octanol–water partition coefficient (Wildman–Crippen LogP) is 7.38. The third kappa shape index (κ3) is 6.82. The van der Waals surface area contributed by atoms with E-state index in [-0.39, 0.29) is 35.7 Å². The zero-order chi connectivity index (χ0) is 33.0. The molecule has 0 N–H and O–H groups in total. The van der Waals surface area contributed by atoms with Gasteiger partial charge in [-0.25, -0.2) is 14.4 Å². The Bertz CT molecular complexity index is 1810. The van der Waals surface area contributed by atoms with Gasteiger partial charge in [-0.05, 0) is 67.8 Å². The van der Waals surface area contributed by atoms with Gasteiger partial charge in [0.15, 0.2) is 11.6 Å². The Morgan fingerprint density at radius 3 is 1.66 bits per heavy atom. The van der Waals surface area contributed by atoms with Gasteiger partial charge in [-0.15, -0.1) is 0 Å². The normalized spacial score (nSPS) is 18.7. The quantitative estimate of drug-likeness (QED) is 0.107. The summed E-state index contributed by atoms with van der Waals surface area (Å²) in [7, 11) is 0. The number of Topliss-reactive ketones (excluding diaryl/α,β-unsaturated/α-hetero) is 2. The molecule has 2 aliphatic carbocycles. The molecule has 4 aromatic carbocycles. The molecule has 6 rings (SSSR count). The van der Waals surface area contributed by atoms with Gasteiger partial charge >= 0.3 is 17.9 Å². The first kappa shape index (κ1) is 31.4. The molecule has 47 heavy (non-hydrogen) atoms. The average molecular weight is 629 g/mol. The molecule has 2 aliphatic rings. The summed E-state index contributed by atoms with van der Waals surface area (Å²) in [5.74, 6) is -2.25. The van der Waals surface area contributed by atoms with Crippen LogP contribution in [0.3, 0.4) is 0 Å². The van der Waals surface area contributed by atoms with Gasteiger partial charge in [-0.3, -0.25) is 9.59 Å². The maximum absolute atomic E-state index is 13.9. The lowest BCUT2D eigenvalue weighted by molar-refractivity contribution is -0.117. The Kier molecular flexibility index (Phi) is 8.93. The van der Waals surface area contributed by atoms with Crippen molar-refractivity contribution in [1.82, 2.24) is 0 Å². The first-order valence-corrected chi connectivity index (χ1v) is 15.5. The van der Waals surface area contributed by atoms with Crippen molar-refractivity contribution in [2.45, 2.75) is 45.1 Å². The molecule has 0 aliphatic heterocycles. The lowest BCUT2D eigenvalue weighted by atomic mass is 9.70. The van der Waals surface area contributed by atoms with Crippen molar-refractivity contribution in [2.24, 2.45) is 5.41 Å². The average Bonchev–Trinajstić information content (AvgIpc) is 3.42. The van der Waals surface area contributed by atoms with Crippen LogP contribution >= 0.6 is 0 Å². The van der Waals surface area contributed by atoms with Crippen LogP contribution in [0.25, 0.3) is 0 Å². The van der Waals surface area contributed by atoms with Gasteiger partial charge in [0.05, 0.1) is 16.7 Å². The molecule has 8 nitrogen and oxygen atoms in total. The third-order valence-electron chi connectivity index (χ3n) is 8.87. The highest BCUT2D eigenvalue weighted by Gasteiger charge is 2.49. The highest BCUT2D eigenvalue weighted by atomic mass is 16.6. The van der Waals surface area contributed by atoms with Crippen molar-refractivity contribution in [1.29, 1.82) is 0 Å². The van der Waals surface area contributed by atoms with E-state index in [9.17, 15) is 24.0 Å². The van der Waals surface area contributed by atoms with Gasteiger partial charge in [0, 0.05) is 35.5 Å². The highest BCUT2D eigenvalue weighted by Crippen LogP contribution is 2.52. The standard InChI is InChI=1S/C39H32O8/c1-39-20-19-33(40)31(32(39)17-18-35(39)47-38(44)27-15-9-4-10-16-27)24-34(41)28-21-29(45-36(42)25-11-5-2-6-12-25)23-30(22-28)46-37(43)26-13-7-3-8-14-26/h2-16,21-23,35H,17-20,24H2,1H3/t35-,39-/m0/s1. The topological polar surface area (TPSA) is 113 Å². The van der Waals surface area contributed by atoms with Crippen LogP contribution in [-0.2, 0) is 9.53 Å². The molecule has 8 heteroatoms. The number of allylic oxidation sites excluding steroid dienone is 1. The molecule has 2 atom stereocenters. The first-order chi connectivity index (χ1) is 22.7. The molecule has 0 aromatic heterocycles. The van der Waals surface area contributed by atoms with Crippen molar-refractivity contribution in [3.8, 4) is 11.5 Å². The fourth-order valence-electron chi connectivity index (χ4n) is 6.33. The predicted molar refractivity (Wildman–Crippen MR) is 172 cm³/mol. The summed E-state index contributed by atoms with van der Waals surface area (Å²) in [6.07, 6.45) is 1.15. The number of esters is 3. The number of fused-ring (bicyclic) bond motifs is 1. The third-order valence-corrected chi connectivity index (χ3v) is 8.87. The molecular formula is C39H32O8. The first-order valence-electron chi connectivity index (χ1n) is 15.5. The van der Waals surface area contributed by atoms with E-state index in [1.54, 1.807) is 84.9 Å². The molecule has 1 saturated carbocycles. The van der Waals surface area contributed by atoms with E-state index in [1.807, 2.05) is 13.0 Å². The van der Waals surface area contributed by atoms with Gasteiger partial charge < -0.3 is 14.2 Å². The molecule has 0 saturated heterocycles.